The standard InChI is InChI=1S/C19H22N6/c1-15-4-5-18(23-22-15)24-11-2-3-17(14-24)19-21-10-12-25(19)13-16-6-8-20-9-7-16/h4-10,12,17H,2-3,11,13-14H2,1H3/t17-/m0/s1. The molecular formula is C19H22N6. The van der Waals surface area contributed by atoms with Crippen LogP contribution in [0.15, 0.2) is 49.1 Å². The molecule has 6 nitrogen and oxygen atoms in total. The Bertz CT molecular complexity index is 811. The van der Waals surface area contributed by atoms with Crippen LogP contribution in [0.1, 0.15) is 35.8 Å². The molecule has 0 N–H and O–H groups in total. The van der Waals surface area contributed by atoms with Crippen molar-refractivity contribution in [3.05, 3.63) is 66.1 Å². The number of anilines is 1. The van der Waals surface area contributed by atoms with Crippen molar-refractivity contribution in [2.24, 2.45) is 0 Å². The number of nitrogens with zero attached hydrogens (tertiary/aromatic N) is 6. The van der Waals surface area contributed by atoms with E-state index in [9.17, 15) is 0 Å². The van der Waals surface area contributed by atoms with Gasteiger partial charge in [-0.2, -0.15) is 5.10 Å². The van der Waals surface area contributed by atoms with E-state index in [-0.39, 0.29) is 0 Å². The van der Waals surface area contributed by atoms with Crippen molar-refractivity contribution in [3.63, 3.8) is 0 Å². The Kier molecular flexibility index (Phi) is 4.41. The maximum atomic E-state index is 4.66. The Morgan fingerprint density at radius 2 is 1.96 bits per heavy atom. The van der Waals surface area contributed by atoms with Gasteiger partial charge in [0, 0.05) is 50.3 Å². The Morgan fingerprint density at radius 1 is 1.08 bits per heavy atom. The van der Waals surface area contributed by atoms with Gasteiger partial charge in [-0.15, -0.1) is 5.10 Å². The molecule has 1 aliphatic heterocycles. The van der Waals surface area contributed by atoms with Crippen LogP contribution in [-0.4, -0.2) is 37.8 Å². The van der Waals surface area contributed by atoms with Crippen LogP contribution in [0, 0.1) is 6.92 Å². The molecule has 3 aromatic rings. The van der Waals surface area contributed by atoms with Gasteiger partial charge in [0.05, 0.1) is 5.69 Å². The highest BCUT2D eigenvalue weighted by Gasteiger charge is 2.25. The Hall–Kier alpha value is -2.76. The largest absolute Gasteiger partial charge is 0.354 e. The fourth-order valence-corrected chi connectivity index (χ4v) is 3.46. The van der Waals surface area contributed by atoms with Gasteiger partial charge in [0.1, 0.15) is 5.82 Å². The second kappa shape index (κ2) is 7.01. The smallest absolute Gasteiger partial charge is 0.151 e. The van der Waals surface area contributed by atoms with Gasteiger partial charge in [-0.05, 0) is 49.6 Å². The summed E-state index contributed by atoms with van der Waals surface area (Å²) in [5.74, 6) is 2.53. The van der Waals surface area contributed by atoms with E-state index in [1.54, 1.807) is 0 Å². The molecule has 1 saturated heterocycles. The summed E-state index contributed by atoms with van der Waals surface area (Å²) in [6, 6.07) is 8.20. The molecular weight excluding hydrogens is 312 g/mol. The van der Waals surface area contributed by atoms with Crippen molar-refractivity contribution in [3.8, 4) is 0 Å². The van der Waals surface area contributed by atoms with Gasteiger partial charge in [0.25, 0.3) is 0 Å². The zero-order valence-electron chi connectivity index (χ0n) is 14.4. The maximum Gasteiger partial charge on any atom is 0.151 e. The van der Waals surface area contributed by atoms with Gasteiger partial charge in [0.2, 0.25) is 0 Å². The molecule has 6 heteroatoms. The minimum Gasteiger partial charge on any atom is -0.354 e. The summed E-state index contributed by atoms with van der Waals surface area (Å²) in [4.78, 5) is 11.1. The summed E-state index contributed by atoms with van der Waals surface area (Å²) in [6.45, 7) is 4.76. The second-order valence-electron chi connectivity index (χ2n) is 6.59. The van der Waals surface area contributed by atoms with Crippen LogP contribution in [0.3, 0.4) is 0 Å². The van der Waals surface area contributed by atoms with Crippen molar-refractivity contribution in [1.29, 1.82) is 0 Å². The average molecular weight is 334 g/mol. The Morgan fingerprint density at radius 3 is 2.76 bits per heavy atom. The molecule has 4 heterocycles. The van der Waals surface area contributed by atoms with Gasteiger partial charge in [0.15, 0.2) is 5.82 Å². The summed E-state index contributed by atoms with van der Waals surface area (Å²) < 4.78 is 2.25. The van der Waals surface area contributed by atoms with Crippen LogP contribution in [-0.2, 0) is 6.54 Å². The van der Waals surface area contributed by atoms with Crippen LogP contribution in [0.25, 0.3) is 0 Å². The number of hydrogen-bond donors (Lipinski definition) is 0. The molecule has 1 atom stereocenters. The summed E-state index contributed by atoms with van der Waals surface area (Å²) in [7, 11) is 0. The third kappa shape index (κ3) is 3.52. The van der Waals surface area contributed by atoms with Crippen molar-refractivity contribution >= 4 is 5.82 Å². The molecule has 1 fully saturated rings. The second-order valence-corrected chi connectivity index (χ2v) is 6.59. The summed E-state index contributed by atoms with van der Waals surface area (Å²) in [6.07, 6.45) is 9.95. The third-order valence-electron chi connectivity index (χ3n) is 4.74. The Labute approximate surface area is 147 Å². The predicted molar refractivity (Wildman–Crippen MR) is 96.5 cm³/mol. The lowest BCUT2D eigenvalue weighted by molar-refractivity contribution is 0.473. The summed E-state index contributed by atoms with van der Waals surface area (Å²) in [5, 5.41) is 8.55. The fraction of sp³-hybridized carbons (Fsp3) is 0.368. The number of pyridine rings is 1. The van der Waals surface area contributed by atoms with Gasteiger partial charge in [-0.3, -0.25) is 4.98 Å². The molecule has 128 valence electrons. The molecule has 25 heavy (non-hydrogen) atoms. The molecule has 0 saturated carbocycles. The topological polar surface area (TPSA) is 59.7 Å². The fourth-order valence-electron chi connectivity index (χ4n) is 3.46. The molecule has 0 aliphatic carbocycles. The molecule has 1 aliphatic rings. The predicted octanol–water partition coefficient (Wildman–Crippen LogP) is 2.81. The van der Waals surface area contributed by atoms with E-state index in [1.807, 2.05) is 31.6 Å². The first-order valence-corrected chi connectivity index (χ1v) is 8.75. The van der Waals surface area contributed by atoms with Crippen LogP contribution in [0.5, 0.6) is 0 Å². The van der Waals surface area contributed by atoms with E-state index < -0.39 is 0 Å². The molecule has 0 aromatic carbocycles. The molecule has 0 bridgehead atoms. The van der Waals surface area contributed by atoms with E-state index in [1.165, 1.54) is 5.56 Å². The minimum atomic E-state index is 0.411. The van der Waals surface area contributed by atoms with Crippen LogP contribution >= 0.6 is 0 Å². The molecule has 0 radical (unpaired) electrons. The van der Waals surface area contributed by atoms with Crippen LogP contribution < -0.4 is 4.90 Å². The lowest BCUT2D eigenvalue weighted by Gasteiger charge is -2.33. The highest BCUT2D eigenvalue weighted by atomic mass is 15.3. The van der Waals surface area contributed by atoms with Crippen molar-refractivity contribution < 1.29 is 0 Å². The molecule has 3 aromatic heterocycles. The highest BCUT2D eigenvalue weighted by Crippen LogP contribution is 2.28. The van der Waals surface area contributed by atoms with E-state index in [4.69, 9.17) is 0 Å². The van der Waals surface area contributed by atoms with Crippen molar-refractivity contribution in [2.45, 2.75) is 32.2 Å². The van der Waals surface area contributed by atoms with Crippen molar-refractivity contribution in [1.82, 2.24) is 24.7 Å². The SMILES string of the molecule is Cc1ccc(N2CCC[C@H](c3nccn3Cc3ccncc3)C2)nn1. The van der Waals surface area contributed by atoms with E-state index >= 15 is 0 Å². The number of aromatic nitrogens is 5. The number of aryl methyl sites for hydroxylation is 1. The monoisotopic (exact) mass is 334 g/mol. The van der Waals surface area contributed by atoms with E-state index in [0.717, 1.165) is 49.8 Å². The zero-order valence-corrected chi connectivity index (χ0v) is 14.4. The zero-order chi connectivity index (χ0) is 17.1. The summed E-state index contributed by atoms with van der Waals surface area (Å²) >= 11 is 0. The first kappa shape index (κ1) is 15.7. The van der Waals surface area contributed by atoms with Crippen LogP contribution in [0.4, 0.5) is 5.82 Å². The molecule has 0 unspecified atom stereocenters. The number of rotatable bonds is 4. The quantitative estimate of drug-likeness (QED) is 0.734. The first-order chi connectivity index (χ1) is 12.3. The Balaban J connectivity index is 1.52. The summed E-state index contributed by atoms with van der Waals surface area (Å²) in [5.41, 5.74) is 2.19. The van der Waals surface area contributed by atoms with Gasteiger partial charge in [-0.25, -0.2) is 4.98 Å². The maximum absolute atomic E-state index is 4.66. The number of hydrogen-bond acceptors (Lipinski definition) is 5. The lowest BCUT2D eigenvalue weighted by Crippen LogP contribution is -2.36. The van der Waals surface area contributed by atoms with E-state index in [0.29, 0.717) is 5.92 Å². The molecule has 0 amide bonds. The number of piperidine rings is 1. The van der Waals surface area contributed by atoms with Gasteiger partial charge in [-0.1, -0.05) is 0 Å². The minimum absolute atomic E-state index is 0.411. The van der Waals surface area contributed by atoms with Crippen molar-refractivity contribution in [2.75, 3.05) is 18.0 Å². The average Bonchev–Trinajstić information content (AvgIpc) is 3.11. The van der Waals surface area contributed by atoms with E-state index in [2.05, 4.69) is 54.0 Å². The normalized spacial score (nSPS) is 17.6. The van der Waals surface area contributed by atoms with Crippen LogP contribution in [0.2, 0.25) is 0 Å². The highest BCUT2D eigenvalue weighted by molar-refractivity contribution is 5.38. The van der Waals surface area contributed by atoms with Gasteiger partial charge >= 0.3 is 0 Å². The lowest BCUT2D eigenvalue weighted by atomic mass is 9.97. The molecule has 0 spiro atoms. The third-order valence-corrected chi connectivity index (χ3v) is 4.74. The first-order valence-electron chi connectivity index (χ1n) is 8.75. The van der Waals surface area contributed by atoms with Gasteiger partial charge < -0.3 is 9.47 Å². The number of imidazole rings is 1. The molecule has 4 rings (SSSR count).